The largest absolute Gasteiger partial charge is 0.504 e. The van der Waals surface area contributed by atoms with Gasteiger partial charge in [-0.05, 0) is 62.8 Å². The molecule has 1 aromatic heterocycles. The maximum atomic E-state index is 13.7. The van der Waals surface area contributed by atoms with Crippen molar-refractivity contribution in [2.24, 2.45) is 0 Å². The number of hydrogen-bond acceptors (Lipinski definition) is 7. The molecule has 1 unspecified atom stereocenters. The number of ketones is 1. The van der Waals surface area contributed by atoms with Gasteiger partial charge < -0.3 is 29.2 Å². The van der Waals surface area contributed by atoms with Gasteiger partial charge in [0.05, 0.1) is 18.2 Å². The van der Waals surface area contributed by atoms with Crippen LogP contribution >= 0.6 is 0 Å². The monoisotopic (exact) mass is 492 g/mol. The van der Waals surface area contributed by atoms with Gasteiger partial charge in [-0.15, -0.1) is 0 Å². The number of hydrogen-bond donors (Lipinski definition) is 2. The van der Waals surface area contributed by atoms with Gasteiger partial charge in [0.1, 0.15) is 5.58 Å². The van der Waals surface area contributed by atoms with Crippen LogP contribution in [0.5, 0.6) is 11.5 Å². The number of carbonyl (C=O) groups is 2. The van der Waals surface area contributed by atoms with E-state index in [1.807, 2.05) is 18.2 Å². The molecule has 4 rings (SSSR count). The summed E-state index contributed by atoms with van der Waals surface area (Å²) in [4.78, 5) is 30.7. The Bertz CT molecular complexity index is 1260. The number of benzene rings is 2. The number of aliphatic hydroxyl groups excluding tert-OH is 1. The van der Waals surface area contributed by atoms with Crippen LogP contribution in [0, 0.1) is 0 Å². The molecule has 0 bridgehead atoms. The number of furan rings is 1. The average molecular weight is 493 g/mol. The van der Waals surface area contributed by atoms with Crippen LogP contribution in [-0.4, -0.2) is 64.5 Å². The van der Waals surface area contributed by atoms with E-state index in [4.69, 9.17) is 9.15 Å². The highest BCUT2D eigenvalue weighted by Gasteiger charge is 2.44. The van der Waals surface area contributed by atoms with Crippen LogP contribution in [0.25, 0.3) is 11.0 Å². The van der Waals surface area contributed by atoms with E-state index in [1.54, 1.807) is 31.2 Å². The van der Waals surface area contributed by atoms with Gasteiger partial charge in [0, 0.05) is 11.9 Å². The molecule has 0 fully saturated rings. The van der Waals surface area contributed by atoms with Gasteiger partial charge in [-0.1, -0.05) is 38.1 Å². The molecule has 1 aliphatic heterocycles. The molecule has 8 heteroatoms. The molecule has 1 atom stereocenters. The number of carbonyl (C=O) groups excluding carboxylic acids is 2. The first kappa shape index (κ1) is 25.3. The number of aromatic hydroxyl groups is 1. The molecule has 2 aromatic carbocycles. The minimum absolute atomic E-state index is 0.0450. The highest BCUT2D eigenvalue weighted by Crippen LogP contribution is 2.42. The predicted octanol–water partition coefficient (Wildman–Crippen LogP) is 4.85. The molecule has 0 saturated carbocycles. The lowest BCUT2D eigenvalue weighted by atomic mass is 9.94. The number of phenolic OH excluding ortho intramolecular Hbond substituents is 1. The fourth-order valence-electron chi connectivity index (χ4n) is 4.67. The Morgan fingerprint density at radius 1 is 1.08 bits per heavy atom. The van der Waals surface area contributed by atoms with Gasteiger partial charge >= 0.3 is 0 Å². The van der Waals surface area contributed by atoms with Gasteiger partial charge in [-0.2, -0.15) is 0 Å². The molecule has 36 heavy (non-hydrogen) atoms. The molecule has 1 amide bonds. The van der Waals surface area contributed by atoms with Crippen LogP contribution in [-0.2, 0) is 4.79 Å². The van der Waals surface area contributed by atoms with Crippen LogP contribution in [0.1, 0.15) is 49.4 Å². The van der Waals surface area contributed by atoms with Gasteiger partial charge in [0.15, 0.2) is 23.0 Å². The molecule has 0 spiro atoms. The first-order valence-corrected chi connectivity index (χ1v) is 12.3. The van der Waals surface area contributed by atoms with Gasteiger partial charge in [0.25, 0.3) is 5.91 Å². The molecule has 8 nitrogen and oxygen atoms in total. The molecule has 3 aromatic rings. The SMILES string of the molecule is CCOc1cc(C2C(C(=O)c3cc4ccccc4o3)=C(O)C(=O)N2CCCN(CC)CC)ccc1O. The van der Waals surface area contributed by atoms with Gasteiger partial charge in [0.2, 0.25) is 5.78 Å². The first-order chi connectivity index (χ1) is 17.4. The van der Waals surface area contributed by atoms with E-state index in [9.17, 15) is 19.8 Å². The van der Waals surface area contributed by atoms with Crippen LogP contribution < -0.4 is 4.74 Å². The fourth-order valence-corrected chi connectivity index (χ4v) is 4.67. The number of fused-ring (bicyclic) bond motifs is 1. The minimum Gasteiger partial charge on any atom is -0.504 e. The van der Waals surface area contributed by atoms with Crippen LogP contribution in [0.4, 0.5) is 0 Å². The third-order valence-electron chi connectivity index (χ3n) is 6.56. The lowest BCUT2D eigenvalue weighted by molar-refractivity contribution is -0.129. The summed E-state index contributed by atoms with van der Waals surface area (Å²) in [5.74, 6) is -1.50. The summed E-state index contributed by atoms with van der Waals surface area (Å²) < 4.78 is 11.3. The van der Waals surface area contributed by atoms with Gasteiger partial charge in [-0.25, -0.2) is 0 Å². The second-order valence-electron chi connectivity index (χ2n) is 8.68. The number of phenols is 1. The van der Waals surface area contributed by atoms with Crippen LogP contribution in [0.2, 0.25) is 0 Å². The number of amides is 1. The molecule has 2 N–H and O–H groups in total. The van der Waals surface area contributed by atoms with Crippen molar-refractivity contribution in [2.45, 2.75) is 33.2 Å². The highest BCUT2D eigenvalue weighted by atomic mass is 16.5. The second-order valence-corrected chi connectivity index (χ2v) is 8.68. The topological polar surface area (TPSA) is 103 Å². The van der Waals surface area contributed by atoms with Crippen molar-refractivity contribution < 1.29 is 29.0 Å². The smallest absolute Gasteiger partial charge is 0.290 e. The Hall–Kier alpha value is -3.78. The van der Waals surface area contributed by atoms with E-state index in [-0.39, 0.29) is 22.8 Å². The van der Waals surface area contributed by atoms with Crippen LogP contribution in [0.15, 0.2) is 64.3 Å². The summed E-state index contributed by atoms with van der Waals surface area (Å²) in [5, 5.41) is 21.9. The lowest BCUT2D eigenvalue weighted by Gasteiger charge is -2.28. The lowest BCUT2D eigenvalue weighted by Crippen LogP contribution is -2.34. The molecular formula is C28H32N2O6. The van der Waals surface area contributed by atoms with E-state index in [2.05, 4.69) is 18.7 Å². The molecule has 0 aliphatic carbocycles. The summed E-state index contributed by atoms with van der Waals surface area (Å²) in [6.07, 6.45) is 0.666. The van der Waals surface area contributed by atoms with E-state index in [0.29, 0.717) is 30.7 Å². The molecular weight excluding hydrogens is 460 g/mol. The summed E-state index contributed by atoms with van der Waals surface area (Å²) in [6.45, 7) is 9.19. The van der Waals surface area contributed by atoms with Crippen molar-refractivity contribution in [3.05, 3.63) is 71.2 Å². The number of rotatable bonds is 11. The number of para-hydroxylation sites is 1. The number of aliphatic hydroxyl groups is 1. The average Bonchev–Trinajstić information content (AvgIpc) is 3.42. The first-order valence-electron chi connectivity index (χ1n) is 12.3. The second kappa shape index (κ2) is 10.9. The maximum Gasteiger partial charge on any atom is 0.290 e. The van der Waals surface area contributed by atoms with E-state index in [0.717, 1.165) is 25.0 Å². The van der Waals surface area contributed by atoms with Crippen molar-refractivity contribution >= 4 is 22.7 Å². The zero-order valence-electron chi connectivity index (χ0n) is 20.9. The van der Waals surface area contributed by atoms with Gasteiger partial charge in [-0.3, -0.25) is 9.59 Å². The van der Waals surface area contributed by atoms with Crippen molar-refractivity contribution in [3.8, 4) is 11.5 Å². The third-order valence-corrected chi connectivity index (χ3v) is 6.56. The van der Waals surface area contributed by atoms with Crippen molar-refractivity contribution in [1.29, 1.82) is 0 Å². The Kier molecular flexibility index (Phi) is 7.64. The summed E-state index contributed by atoms with van der Waals surface area (Å²) >= 11 is 0. The standard InChI is InChI=1S/C28H32N2O6/c1-4-29(5-2)14-9-15-30-25(19-12-13-20(31)22(17-19)35-6-3)24(27(33)28(30)34)26(32)23-16-18-10-7-8-11-21(18)36-23/h7-8,10-13,16-17,25,31,33H,4-6,9,14-15H2,1-3H3. The Labute approximate surface area is 210 Å². The van der Waals surface area contributed by atoms with Crippen molar-refractivity contribution in [2.75, 3.05) is 32.8 Å². The Morgan fingerprint density at radius 2 is 1.83 bits per heavy atom. The van der Waals surface area contributed by atoms with E-state index >= 15 is 0 Å². The highest BCUT2D eigenvalue weighted by molar-refractivity contribution is 6.16. The molecule has 1 aliphatic rings. The Morgan fingerprint density at radius 3 is 2.53 bits per heavy atom. The predicted molar refractivity (Wildman–Crippen MR) is 136 cm³/mol. The number of nitrogens with zero attached hydrogens (tertiary/aromatic N) is 2. The van der Waals surface area contributed by atoms with Crippen molar-refractivity contribution in [1.82, 2.24) is 9.80 Å². The normalized spacial score (nSPS) is 15.9. The molecule has 0 radical (unpaired) electrons. The third kappa shape index (κ3) is 4.81. The quantitative estimate of drug-likeness (QED) is 0.369. The maximum absolute atomic E-state index is 13.7. The minimum atomic E-state index is -0.852. The molecule has 2 heterocycles. The zero-order chi connectivity index (χ0) is 25.8. The summed E-state index contributed by atoms with van der Waals surface area (Å²) in [5.41, 5.74) is 1.05. The number of ether oxygens (including phenoxy) is 1. The summed E-state index contributed by atoms with van der Waals surface area (Å²) in [7, 11) is 0. The zero-order valence-corrected chi connectivity index (χ0v) is 20.9. The fraction of sp³-hybridized carbons (Fsp3) is 0.357. The summed E-state index contributed by atoms with van der Waals surface area (Å²) in [6, 6.07) is 12.7. The molecule has 190 valence electrons. The molecule has 0 saturated heterocycles. The van der Waals surface area contributed by atoms with Crippen molar-refractivity contribution in [3.63, 3.8) is 0 Å². The Balaban J connectivity index is 1.74. The van der Waals surface area contributed by atoms with Crippen LogP contribution in [0.3, 0.4) is 0 Å². The number of Topliss-reactive ketones (excluding diaryl/α,β-unsaturated/α-hetero) is 1. The van der Waals surface area contributed by atoms with E-state index in [1.165, 1.54) is 11.0 Å². The van der Waals surface area contributed by atoms with E-state index < -0.39 is 23.5 Å².